The maximum atomic E-state index is 13.3. The number of carbonyl (C=O) groups is 3. The van der Waals surface area contributed by atoms with Gasteiger partial charge in [0.2, 0.25) is 5.78 Å². The minimum absolute atomic E-state index is 0.0350. The van der Waals surface area contributed by atoms with Crippen LogP contribution in [0.2, 0.25) is 0 Å². The SMILES string of the molecule is CCOC(=O)O[C@@]12C(=O)C=C[C@]13[C@@H](C[C@@H](C(C)(C)C)[C@@]31C[C@@H](OC)O[C@H]1OC)OC2=O. The van der Waals surface area contributed by atoms with Crippen LogP contribution in [0.15, 0.2) is 12.2 Å². The summed E-state index contributed by atoms with van der Waals surface area (Å²) in [6.45, 7) is 7.90. The van der Waals surface area contributed by atoms with Crippen molar-refractivity contribution in [1.82, 2.24) is 0 Å². The monoisotopic (exact) mass is 438 g/mol. The summed E-state index contributed by atoms with van der Waals surface area (Å²) in [7, 11) is 3.04. The van der Waals surface area contributed by atoms with Crippen molar-refractivity contribution in [1.29, 1.82) is 0 Å². The van der Waals surface area contributed by atoms with Crippen LogP contribution in [-0.4, -0.2) is 63.0 Å². The first-order chi connectivity index (χ1) is 14.5. The molecule has 0 aromatic carbocycles. The van der Waals surface area contributed by atoms with E-state index in [1.54, 1.807) is 13.0 Å². The first-order valence-electron chi connectivity index (χ1n) is 10.6. The number of hydrogen-bond acceptors (Lipinski definition) is 9. The lowest BCUT2D eigenvalue weighted by atomic mass is 9.52. The van der Waals surface area contributed by atoms with Crippen molar-refractivity contribution in [3.8, 4) is 0 Å². The van der Waals surface area contributed by atoms with E-state index in [1.807, 2.05) is 0 Å². The first kappa shape index (κ1) is 22.2. The van der Waals surface area contributed by atoms with Crippen LogP contribution in [0.25, 0.3) is 0 Å². The van der Waals surface area contributed by atoms with Gasteiger partial charge in [-0.2, -0.15) is 0 Å². The molecule has 9 heteroatoms. The number of carbonyl (C=O) groups excluding carboxylic acids is 3. The summed E-state index contributed by atoms with van der Waals surface area (Å²) in [5.74, 6) is -1.63. The molecule has 2 aliphatic carbocycles. The van der Waals surface area contributed by atoms with E-state index in [2.05, 4.69) is 20.8 Å². The summed E-state index contributed by atoms with van der Waals surface area (Å²) in [5, 5.41) is 0. The molecule has 9 nitrogen and oxygen atoms in total. The topological polar surface area (TPSA) is 107 Å². The summed E-state index contributed by atoms with van der Waals surface area (Å²) in [6, 6.07) is 0. The van der Waals surface area contributed by atoms with Crippen LogP contribution in [0, 0.1) is 22.2 Å². The van der Waals surface area contributed by atoms with Gasteiger partial charge in [-0.05, 0) is 30.8 Å². The molecule has 0 bridgehead atoms. The van der Waals surface area contributed by atoms with Crippen LogP contribution >= 0.6 is 0 Å². The Hall–Kier alpha value is -1.97. The van der Waals surface area contributed by atoms with Crippen molar-refractivity contribution in [3.05, 3.63) is 12.2 Å². The average molecular weight is 438 g/mol. The second-order valence-corrected chi connectivity index (χ2v) is 9.69. The molecule has 2 spiro atoms. The molecule has 0 aromatic heterocycles. The number of rotatable bonds is 4. The van der Waals surface area contributed by atoms with Gasteiger partial charge in [-0.15, -0.1) is 0 Å². The van der Waals surface area contributed by atoms with Gasteiger partial charge in [-0.25, -0.2) is 9.59 Å². The van der Waals surface area contributed by atoms with E-state index in [1.165, 1.54) is 20.3 Å². The Morgan fingerprint density at radius 2 is 1.94 bits per heavy atom. The molecular weight excluding hydrogens is 408 g/mol. The number of methoxy groups -OCH3 is 2. The zero-order valence-electron chi connectivity index (χ0n) is 18.8. The highest BCUT2D eigenvalue weighted by molar-refractivity contribution is 6.18. The van der Waals surface area contributed by atoms with Crippen molar-refractivity contribution < 1.29 is 42.8 Å². The number of ketones is 1. The molecular formula is C22H30O9. The van der Waals surface area contributed by atoms with Crippen molar-refractivity contribution in [2.75, 3.05) is 20.8 Å². The summed E-state index contributed by atoms with van der Waals surface area (Å²) < 4.78 is 33.7. The number of hydrogen-bond donors (Lipinski definition) is 0. The van der Waals surface area contributed by atoms with Crippen molar-refractivity contribution in [3.63, 3.8) is 0 Å². The van der Waals surface area contributed by atoms with E-state index in [4.69, 9.17) is 28.4 Å². The molecule has 1 saturated carbocycles. The fourth-order valence-electron chi connectivity index (χ4n) is 6.61. The number of ether oxygens (including phenoxy) is 6. The molecule has 3 fully saturated rings. The Kier molecular flexibility index (Phi) is 5.03. The largest absolute Gasteiger partial charge is 0.509 e. The smallest absolute Gasteiger partial charge is 0.458 e. The lowest BCUT2D eigenvalue weighted by Gasteiger charge is -2.51. The molecule has 0 radical (unpaired) electrons. The average Bonchev–Trinajstić information content (AvgIpc) is 3.36. The van der Waals surface area contributed by atoms with Gasteiger partial charge < -0.3 is 28.4 Å². The standard InChI is InChI=1S/C22H30O9/c1-7-28-18(25)31-22-13(23)8-9-21(22)14(29-16(22)24)10-12(19(2,3)4)20(21)11-15(26-5)30-17(20)27-6/h8-9,12,14-15,17H,7,10-11H2,1-6H3/t12-,14+,15-,17+,20+,21+,22+/m0/s1. The zero-order valence-corrected chi connectivity index (χ0v) is 18.8. The van der Waals surface area contributed by atoms with Gasteiger partial charge in [0.05, 0.1) is 12.0 Å². The Bertz CT molecular complexity index is 829. The molecule has 2 aliphatic heterocycles. The molecule has 31 heavy (non-hydrogen) atoms. The van der Waals surface area contributed by atoms with E-state index in [9.17, 15) is 14.4 Å². The van der Waals surface area contributed by atoms with Gasteiger partial charge in [0.15, 0.2) is 12.6 Å². The van der Waals surface area contributed by atoms with Gasteiger partial charge >= 0.3 is 12.1 Å². The summed E-state index contributed by atoms with van der Waals surface area (Å²) >= 11 is 0. The van der Waals surface area contributed by atoms with Crippen LogP contribution in [-0.2, 0) is 38.0 Å². The second-order valence-electron chi connectivity index (χ2n) is 9.69. The first-order valence-corrected chi connectivity index (χ1v) is 10.6. The minimum atomic E-state index is -2.19. The van der Waals surface area contributed by atoms with Crippen LogP contribution in [0.4, 0.5) is 4.79 Å². The summed E-state index contributed by atoms with van der Waals surface area (Å²) in [5.41, 5.74) is -4.71. The van der Waals surface area contributed by atoms with E-state index in [-0.39, 0.29) is 17.9 Å². The zero-order chi connectivity index (χ0) is 22.8. The van der Waals surface area contributed by atoms with Gasteiger partial charge in [0.25, 0.3) is 5.60 Å². The molecule has 0 aromatic rings. The van der Waals surface area contributed by atoms with Crippen LogP contribution in [0.1, 0.15) is 40.5 Å². The quantitative estimate of drug-likeness (QED) is 0.483. The minimum Gasteiger partial charge on any atom is -0.458 e. The normalized spacial score (nSPS) is 43.3. The van der Waals surface area contributed by atoms with Gasteiger partial charge in [0.1, 0.15) is 6.10 Å². The highest BCUT2D eigenvalue weighted by atomic mass is 16.8. The highest BCUT2D eigenvalue weighted by Gasteiger charge is 2.88. The Balaban J connectivity index is 1.97. The highest BCUT2D eigenvalue weighted by Crippen LogP contribution is 2.76. The van der Waals surface area contributed by atoms with Crippen LogP contribution in [0.3, 0.4) is 0 Å². The third-order valence-corrected chi connectivity index (χ3v) is 7.53. The summed E-state index contributed by atoms with van der Waals surface area (Å²) in [6.07, 6.45) is 0.545. The molecule has 4 aliphatic rings. The maximum Gasteiger partial charge on any atom is 0.509 e. The van der Waals surface area contributed by atoms with E-state index < -0.39 is 53.0 Å². The number of esters is 1. The Morgan fingerprint density at radius 3 is 2.52 bits per heavy atom. The van der Waals surface area contributed by atoms with Crippen LogP contribution in [0.5, 0.6) is 0 Å². The lowest BCUT2D eigenvalue weighted by Crippen LogP contribution is -2.64. The fraction of sp³-hybridized carbons (Fsp3) is 0.773. The predicted molar refractivity (Wildman–Crippen MR) is 105 cm³/mol. The van der Waals surface area contributed by atoms with E-state index >= 15 is 0 Å². The third-order valence-electron chi connectivity index (χ3n) is 7.53. The maximum absolute atomic E-state index is 13.3. The van der Waals surface area contributed by atoms with E-state index in [0.717, 1.165) is 0 Å². The van der Waals surface area contributed by atoms with Gasteiger partial charge in [0, 0.05) is 26.1 Å². The van der Waals surface area contributed by atoms with Gasteiger partial charge in [-0.1, -0.05) is 26.8 Å². The van der Waals surface area contributed by atoms with E-state index in [0.29, 0.717) is 12.8 Å². The molecule has 4 rings (SSSR count). The van der Waals surface area contributed by atoms with Crippen molar-refractivity contribution in [2.45, 2.75) is 64.8 Å². The van der Waals surface area contributed by atoms with Gasteiger partial charge in [-0.3, -0.25) is 4.79 Å². The Morgan fingerprint density at radius 1 is 1.23 bits per heavy atom. The molecule has 0 amide bonds. The summed E-state index contributed by atoms with van der Waals surface area (Å²) in [4.78, 5) is 39.0. The molecule has 7 atom stereocenters. The Labute approximate surface area is 181 Å². The fourth-order valence-corrected chi connectivity index (χ4v) is 6.61. The molecule has 2 heterocycles. The van der Waals surface area contributed by atoms with Crippen LogP contribution < -0.4 is 0 Å². The van der Waals surface area contributed by atoms with Crippen molar-refractivity contribution >= 4 is 17.9 Å². The predicted octanol–water partition coefficient (Wildman–Crippen LogP) is 2.37. The molecule has 0 N–H and O–H groups in total. The third kappa shape index (κ3) is 2.51. The second kappa shape index (κ2) is 7.02. The molecule has 2 saturated heterocycles. The van der Waals surface area contributed by atoms with Crippen molar-refractivity contribution in [2.24, 2.45) is 22.2 Å². The molecule has 172 valence electrons. The lowest BCUT2D eigenvalue weighted by molar-refractivity contribution is -0.236. The molecule has 0 unspecified atom stereocenters.